The van der Waals surface area contributed by atoms with Crippen molar-refractivity contribution in [1.29, 1.82) is 0 Å². The molecule has 7 heteroatoms. The van der Waals surface area contributed by atoms with Crippen LogP contribution in [0.2, 0.25) is 5.02 Å². The van der Waals surface area contributed by atoms with Crippen LogP contribution in [0.4, 0.5) is 4.39 Å². The van der Waals surface area contributed by atoms with Crippen molar-refractivity contribution < 1.29 is 23.6 Å². The number of rotatable bonds is 2. The molecule has 0 saturated carbocycles. The van der Waals surface area contributed by atoms with Gasteiger partial charge >= 0.3 is 5.97 Å². The van der Waals surface area contributed by atoms with Crippen LogP contribution in [0.5, 0.6) is 5.75 Å². The normalized spacial score (nSPS) is 16.3. The Labute approximate surface area is 134 Å². The first kappa shape index (κ1) is 14.0. The zero-order valence-electron chi connectivity index (χ0n) is 11.5. The first-order valence-electron chi connectivity index (χ1n) is 6.81. The molecule has 23 heavy (non-hydrogen) atoms. The van der Waals surface area contributed by atoms with Gasteiger partial charge in [-0.3, -0.25) is 0 Å². The van der Waals surface area contributed by atoms with Gasteiger partial charge < -0.3 is 14.4 Å². The van der Waals surface area contributed by atoms with E-state index < -0.39 is 17.9 Å². The predicted molar refractivity (Wildman–Crippen MR) is 80.2 cm³/mol. The van der Waals surface area contributed by atoms with Gasteiger partial charge in [0.2, 0.25) is 0 Å². The van der Waals surface area contributed by atoms with Crippen molar-refractivity contribution in [3.8, 4) is 17.0 Å². The summed E-state index contributed by atoms with van der Waals surface area (Å²) < 4.78 is 24.7. The van der Waals surface area contributed by atoms with Crippen LogP contribution in [0.15, 0.2) is 34.9 Å². The SMILES string of the molecule is O=C(O)C1Cc2c(cc(Cl)c3c(-c4ccccc4F)noc23)O1. The van der Waals surface area contributed by atoms with Gasteiger partial charge in [0.1, 0.15) is 17.3 Å². The van der Waals surface area contributed by atoms with Gasteiger partial charge in [0.05, 0.1) is 10.4 Å². The van der Waals surface area contributed by atoms with Crippen LogP contribution in [0.3, 0.4) is 0 Å². The van der Waals surface area contributed by atoms with E-state index in [9.17, 15) is 9.18 Å². The summed E-state index contributed by atoms with van der Waals surface area (Å²) in [6.07, 6.45) is -0.849. The smallest absolute Gasteiger partial charge is 0.345 e. The number of hydrogen-bond donors (Lipinski definition) is 1. The molecule has 0 fully saturated rings. The molecule has 1 aliphatic heterocycles. The number of aliphatic carboxylic acids is 1. The molecule has 2 heterocycles. The standard InChI is InChI=1S/C16H9ClFNO4/c17-9-6-11-8(5-12(22-11)16(20)21)15-13(9)14(19-23-15)7-3-1-2-4-10(7)18/h1-4,6,12H,5H2,(H,20,21). The van der Waals surface area contributed by atoms with Crippen molar-refractivity contribution in [3.63, 3.8) is 0 Å². The number of carboxylic acids is 1. The lowest BCUT2D eigenvalue weighted by atomic mass is 10.0. The minimum Gasteiger partial charge on any atom is -0.478 e. The molecule has 1 aromatic heterocycles. The Morgan fingerprint density at radius 1 is 1.39 bits per heavy atom. The Balaban J connectivity index is 1.95. The van der Waals surface area contributed by atoms with Crippen molar-refractivity contribution in [2.24, 2.45) is 0 Å². The molecule has 116 valence electrons. The molecule has 5 nitrogen and oxygen atoms in total. The van der Waals surface area contributed by atoms with E-state index >= 15 is 0 Å². The fourth-order valence-electron chi connectivity index (χ4n) is 2.76. The van der Waals surface area contributed by atoms with E-state index in [0.717, 1.165) is 0 Å². The van der Waals surface area contributed by atoms with Crippen molar-refractivity contribution in [2.45, 2.75) is 12.5 Å². The molecular weight excluding hydrogens is 325 g/mol. The van der Waals surface area contributed by atoms with E-state index in [2.05, 4.69) is 5.16 Å². The number of ether oxygens (including phenoxy) is 1. The molecule has 2 aromatic carbocycles. The van der Waals surface area contributed by atoms with E-state index in [1.54, 1.807) is 18.2 Å². The third kappa shape index (κ3) is 2.06. The second kappa shape index (κ2) is 4.96. The summed E-state index contributed by atoms with van der Waals surface area (Å²) in [6, 6.07) is 7.67. The number of aromatic nitrogens is 1. The maximum atomic E-state index is 14.0. The summed E-state index contributed by atoms with van der Waals surface area (Å²) in [4.78, 5) is 11.1. The Kier molecular flexibility index (Phi) is 3.02. The monoisotopic (exact) mass is 333 g/mol. The number of carbonyl (C=O) groups is 1. The van der Waals surface area contributed by atoms with Crippen LogP contribution >= 0.6 is 11.6 Å². The highest BCUT2D eigenvalue weighted by Crippen LogP contribution is 2.43. The molecule has 0 aliphatic carbocycles. The second-order valence-electron chi connectivity index (χ2n) is 5.20. The molecule has 0 radical (unpaired) electrons. The van der Waals surface area contributed by atoms with Gasteiger partial charge in [-0.05, 0) is 12.1 Å². The molecule has 0 spiro atoms. The number of hydrogen-bond acceptors (Lipinski definition) is 4. The average Bonchev–Trinajstić information content (AvgIpc) is 3.11. The van der Waals surface area contributed by atoms with Crippen molar-refractivity contribution >= 4 is 28.5 Å². The van der Waals surface area contributed by atoms with Gasteiger partial charge in [0.25, 0.3) is 0 Å². The minimum atomic E-state index is -1.07. The third-order valence-corrected chi connectivity index (χ3v) is 4.12. The summed E-state index contributed by atoms with van der Waals surface area (Å²) in [5, 5.41) is 13.7. The molecule has 0 saturated heterocycles. The van der Waals surface area contributed by atoms with Crippen LogP contribution in [0.1, 0.15) is 5.56 Å². The number of carboxylic acid groups (broad SMARTS) is 1. The van der Waals surface area contributed by atoms with Crippen LogP contribution in [0.25, 0.3) is 22.2 Å². The second-order valence-corrected chi connectivity index (χ2v) is 5.61. The number of benzene rings is 2. The number of fused-ring (bicyclic) bond motifs is 3. The molecule has 1 unspecified atom stereocenters. The van der Waals surface area contributed by atoms with E-state index in [1.165, 1.54) is 12.1 Å². The van der Waals surface area contributed by atoms with E-state index in [1.807, 2.05) is 0 Å². The van der Waals surface area contributed by atoms with Crippen molar-refractivity contribution in [2.75, 3.05) is 0 Å². The third-order valence-electron chi connectivity index (χ3n) is 3.82. The largest absolute Gasteiger partial charge is 0.478 e. The maximum Gasteiger partial charge on any atom is 0.345 e. The summed E-state index contributed by atoms with van der Waals surface area (Å²) in [7, 11) is 0. The highest BCUT2D eigenvalue weighted by atomic mass is 35.5. The van der Waals surface area contributed by atoms with Gasteiger partial charge in [0.15, 0.2) is 11.7 Å². The van der Waals surface area contributed by atoms with Crippen LogP contribution in [-0.4, -0.2) is 22.3 Å². The molecule has 0 bridgehead atoms. The van der Waals surface area contributed by atoms with Gasteiger partial charge in [-0.15, -0.1) is 0 Å². The van der Waals surface area contributed by atoms with Crippen molar-refractivity contribution in [1.82, 2.24) is 5.16 Å². The quantitative estimate of drug-likeness (QED) is 0.774. The van der Waals surface area contributed by atoms with Gasteiger partial charge in [-0.2, -0.15) is 0 Å². The van der Waals surface area contributed by atoms with Gasteiger partial charge in [-0.1, -0.05) is 28.9 Å². The molecule has 3 aromatic rings. The summed E-state index contributed by atoms with van der Waals surface area (Å²) >= 11 is 6.27. The zero-order valence-corrected chi connectivity index (χ0v) is 12.3. The predicted octanol–water partition coefficient (Wildman–Crippen LogP) is 3.68. The summed E-state index contributed by atoms with van der Waals surface area (Å²) in [5.41, 5.74) is 1.45. The maximum absolute atomic E-state index is 14.0. The Bertz CT molecular complexity index is 953. The lowest BCUT2D eigenvalue weighted by Gasteiger charge is -2.04. The molecule has 4 rings (SSSR count). The first-order chi connectivity index (χ1) is 11.1. The van der Waals surface area contributed by atoms with Gasteiger partial charge in [-0.25, -0.2) is 9.18 Å². The highest BCUT2D eigenvalue weighted by Gasteiger charge is 2.33. The first-order valence-corrected chi connectivity index (χ1v) is 7.19. The number of nitrogens with zero attached hydrogens (tertiary/aromatic N) is 1. The molecule has 1 atom stereocenters. The molecule has 1 aliphatic rings. The zero-order chi connectivity index (χ0) is 16.1. The Hall–Kier alpha value is -2.60. The van der Waals surface area contributed by atoms with E-state index in [4.69, 9.17) is 26.0 Å². The Morgan fingerprint density at radius 2 is 2.17 bits per heavy atom. The van der Waals surface area contributed by atoms with Gasteiger partial charge in [0, 0.05) is 23.6 Å². The van der Waals surface area contributed by atoms with Crippen LogP contribution in [0, 0.1) is 5.82 Å². The molecule has 0 amide bonds. The fraction of sp³-hybridized carbons (Fsp3) is 0.125. The summed E-state index contributed by atoms with van der Waals surface area (Å²) in [6.45, 7) is 0. The van der Waals surface area contributed by atoms with Crippen molar-refractivity contribution in [3.05, 3.63) is 46.7 Å². The number of halogens is 2. The van der Waals surface area contributed by atoms with Crippen LogP contribution in [-0.2, 0) is 11.2 Å². The van der Waals surface area contributed by atoms with E-state index in [0.29, 0.717) is 22.3 Å². The lowest BCUT2D eigenvalue weighted by molar-refractivity contribution is -0.144. The molecular formula is C16H9ClFNO4. The fourth-order valence-corrected chi connectivity index (χ4v) is 3.03. The Morgan fingerprint density at radius 3 is 2.91 bits per heavy atom. The highest BCUT2D eigenvalue weighted by molar-refractivity contribution is 6.36. The van der Waals surface area contributed by atoms with E-state index in [-0.39, 0.29) is 22.7 Å². The lowest BCUT2D eigenvalue weighted by Crippen LogP contribution is -2.24. The summed E-state index contributed by atoms with van der Waals surface area (Å²) in [5.74, 6) is -1.16. The average molecular weight is 334 g/mol. The van der Waals surface area contributed by atoms with Crippen LogP contribution < -0.4 is 4.74 Å². The topological polar surface area (TPSA) is 72.6 Å². The minimum absolute atomic E-state index is 0.143. The molecule has 1 N–H and O–H groups in total.